The Hall–Kier alpha value is -3.46. The minimum Gasteiger partial charge on any atom is -0.493 e. The molecule has 0 saturated heterocycles. The second-order valence-corrected chi connectivity index (χ2v) is 9.93. The smallest absolute Gasteiger partial charge is 0.255 e. The lowest BCUT2D eigenvalue weighted by Gasteiger charge is -2.29. The highest BCUT2D eigenvalue weighted by molar-refractivity contribution is 7.99. The number of aromatic nitrogens is 3. The molecular formula is C28H35N5O3S. The van der Waals surface area contributed by atoms with Crippen LogP contribution in [0.4, 0.5) is 11.6 Å². The standard InChI is InChI=1S/C28H35N5O3S/c1-5-7-16-36-22-15-14-20(18-23(22)35-4)25-24(26(34)30-21-12-10-9-11-13-21)19(3)29-27-31-28(32-33(25)27)37-17-8-6-2/h9-15,18,25H,5-8,16-17H2,1-4H3,(H,30,34)(H,29,31,32). The van der Waals surface area contributed by atoms with Gasteiger partial charge in [0.2, 0.25) is 11.1 Å². The highest BCUT2D eigenvalue weighted by Crippen LogP contribution is 2.40. The Bertz CT molecular complexity index is 1240. The molecule has 0 radical (unpaired) electrons. The van der Waals surface area contributed by atoms with Gasteiger partial charge < -0.3 is 20.1 Å². The van der Waals surface area contributed by atoms with Gasteiger partial charge in [-0.2, -0.15) is 4.98 Å². The maximum Gasteiger partial charge on any atom is 0.255 e. The lowest BCUT2D eigenvalue weighted by Crippen LogP contribution is -2.31. The molecule has 0 saturated carbocycles. The number of unbranched alkanes of at least 4 members (excludes halogenated alkanes) is 2. The monoisotopic (exact) mass is 521 g/mol. The van der Waals surface area contributed by atoms with E-state index in [1.807, 2.05) is 55.5 Å². The first kappa shape index (κ1) is 26.6. The fourth-order valence-corrected chi connectivity index (χ4v) is 5.03. The van der Waals surface area contributed by atoms with Gasteiger partial charge in [-0.05, 0) is 49.6 Å². The highest BCUT2D eigenvalue weighted by atomic mass is 32.2. The van der Waals surface area contributed by atoms with E-state index in [4.69, 9.17) is 19.6 Å². The molecule has 4 rings (SSSR count). The lowest BCUT2D eigenvalue weighted by molar-refractivity contribution is -0.113. The van der Waals surface area contributed by atoms with Crippen molar-refractivity contribution in [1.29, 1.82) is 0 Å². The molecule has 1 unspecified atom stereocenters. The van der Waals surface area contributed by atoms with Crippen LogP contribution in [0.5, 0.6) is 11.5 Å². The van der Waals surface area contributed by atoms with Crippen molar-refractivity contribution in [2.75, 3.05) is 30.1 Å². The van der Waals surface area contributed by atoms with Crippen molar-refractivity contribution in [2.24, 2.45) is 0 Å². The van der Waals surface area contributed by atoms with Crippen LogP contribution in [0, 0.1) is 0 Å². The molecule has 3 aromatic rings. The number of thioether (sulfide) groups is 1. The summed E-state index contributed by atoms with van der Waals surface area (Å²) in [5.74, 6) is 2.64. The Morgan fingerprint density at radius 2 is 1.89 bits per heavy atom. The number of para-hydroxylation sites is 1. The Balaban J connectivity index is 1.73. The van der Waals surface area contributed by atoms with Crippen LogP contribution in [0.25, 0.3) is 0 Å². The minimum atomic E-state index is -0.494. The van der Waals surface area contributed by atoms with Crippen LogP contribution in [-0.2, 0) is 4.79 Å². The zero-order valence-corrected chi connectivity index (χ0v) is 22.7. The third-order valence-corrected chi connectivity index (χ3v) is 7.02. The summed E-state index contributed by atoms with van der Waals surface area (Å²) in [5, 5.41) is 11.8. The average molecular weight is 522 g/mol. The number of carbonyl (C=O) groups excluding carboxylic acids is 1. The quantitative estimate of drug-likeness (QED) is 0.214. The van der Waals surface area contributed by atoms with Crippen molar-refractivity contribution in [1.82, 2.24) is 14.8 Å². The number of anilines is 2. The maximum absolute atomic E-state index is 13.7. The first-order valence-electron chi connectivity index (χ1n) is 12.8. The SMILES string of the molecule is CCCCOc1ccc(C2C(C(=O)Nc3ccccc3)=C(C)Nc3nc(SCCCC)nn32)cc1OC. The second-order valence-electron chi connectivity index (χ2n) is 8.86. The van der Waals surface area contributed by atoms with E-state index in [0.717, 1.165) is 48.4 Å². The summed E-state index contributed by atoms with van der Waals surface area (Å²) in [7, 11) is 1.63. The van der Waals surface area contributed by atoms with Gasteiger partial charge in [0, 0.05) is 17.1 Å². The number of rotatable bonds is 12. The molecule has 1 amide bonds. The van der Waals surface area contributed by atoms with Crippen molar-refractivity contribution in [2.45, 2.75) is 57.7 Å². The number of methoxy groups -OCH3 is 1. The first-order chi connectivity index (χ1) is 18.0. The molecule has 0 fully saturated rings. The number of hydrogen-bond acceptors (Lipinski definition) is 7. The number of amides is 1. The number of benzene rings is 2. The molecule has 1 atom stereocenters. The fraction of sp³-hybridized carbons (Fsp3) is 0.393. The predicted molar refractivity (Wildman–Crippen MR) is 149 cm³/mol. The zero-order chi connectivity index (χ0) is 26.2. The Morgan fingerprint density at radius 3 is 2.62 bits per heavy atom. The molecule has 1 aromatic heterocycles. The van der Waals surface area contributed by atoms with Gasteiger partial charge in [0.05, 0.1) is 19.3 Å². The third kappa shape index (κ3) is 6.28. The summed E-state index contributed by atoms with van der Waals surface area (Å²) in [6.07, 6.45) is 4.21. The van der Waals surface area contributed by atoms with E-state index in [0.29, 0.717) is 34.8 Å². The van der Waals surface area contributed by atoms with Crippen molar-refractivity contribution >= 4 is 29.3 Å². The highest BCUT2D eigenvalue weighted by Gasteiger charge is 2.35. The molecule has 8 nitrogen and oxygen atoms in total. The van der Waals surface area contributed by atoms with Crippen molar-refractivity contribution < 1.29 is 14.3 Å². The van der Waals surface area contributed by atoms with Gasteiger partial charge in [0.1, 0.15) is 6.04 Å². The molecule has 196 valence electrons. The molecule has 2 aromatic carbocycles. The van der Waals surface area contributed by atoms with E-state index in [1.165, 1.54) is 0 Å². The topological polar surface area (TPSA) is 90.3 Å². The minimum absolute atomic E-state index is 0.204. The molecule has 37 heavy (non-hydrogen) atoms. The van der Waals surface area contributed by atoms with Gasteiger partial charge in [-0.25, -0.2) is 4.68 Å². The van der Waals surface area contributed by atoms with Gasteiger partial charge in [0.25, 0.3) is 5.91 Å². The number of ether oxygens (including phenoxy) is 2. The summed E-state index contributed by atoms with van der Waals surface area (Å²) in [6.45, 7) is 6.81. The predicted octanol–water partition coefficient (Wildman–Crippen LogP) is 6.29. The summed E-state index contributed by atoms with van der Waals surface area (Å²) in [6, 6.07) is 14.8. The molecule has 1 aliphatic heterocycles. The van der Waals surface area contributed by atoms with E-state index in [2.05, 4.69) is 24.5 Å². The molecular weight excluding hydrogens is 486 g/mol. The molecule has 1 aliphatic rings. The summed E-state index contributed by atoms with van der Waals surface area (Å²) in [4.78, 5) is 18.4. The van der Waals surface area contributed by atoms with Crippen LogP contribution in [0.15, 0.2) is 65.0 Å². The largest absolute Gasteiger partial charge is 0.493 e. The number of fused-ring (bicyclic) bond motifs is 1. The zero-order valence-electron chi connectivity index (χ0n) is 21.9. The maximum atomic E-state index is 13.7. The summed E-state index contributed by atoms with van der Waals surface area (Å²) < 4.78 is 13.4. The van der Waals surface area contributed by atoms with E-state index in [-0.39, 0.29) is 5.91 Å². The van der Waals surface area contributed by atoms with Crippen LogP contribution in [-0.4, -0.2) is 40.1 Å². The average Bonchev–Trinajstić information content (AvgIpc) is 3.31. The molecule has 0 spiro atoms. The molecule has 9 heteroatoms. The fourth-order valence-electron chi connectivity index (χ4n) is 4.12. The number of carbonyl (C=O) groups is 1. The van der Waals surface area contributed by atoms with Gasteiger partial charge in [-0.1, -0.05) is 62.7 Å². The van der Waals surface area contributed by atoms with Crippen LogP contribution < -0.4 is 20.1 Å². The molecule has 2 N–H and O–H groups in total. The number of hydrogen-bond donors (Lipinski definition) is 2. The molecule has 2 heterocycles. The number of nitrogens with zero attached hydrogens (tertiary/aromatic N) is 3. The summed E-state index contributed by atoms with van der Waals surface area (Å²) >= 11 is 1.62. The lowest BCUT2D eigenvalue weighted by atomic mass is 9.94. The first-order valence-corrected chi connectivity index (χ1v) is 13.8. The Kier molecular flexibility index (Phi) is 9.11. The van der Waals surface area contributed by atoms with Gasteiger partial charge in [0.15, 0.2) is 11.5 Å². The number of allylic oxidation sites excluding steroid dienone is 1. The summed E-state index contributed by atoms with van der Waals surface area (Å²) in [5.41, 5.74) is 2.87. The van der Waals surface area contributed by atoms with Crippen LogP contribution in [0.1, 0.15) is 58.1 Å². The van der Waals surface area contributed by atoms with E-state index in [9.17, 15) is 4.79 Å². The van der Waals surface area contributed by atoms with E-state index < -0.39 is 6.04 Å². The second kappa shape index (κ2) is 12.7. The van der Waals surface area contributed by atoms with Crippen LogP contribution >= 0.6 is 11.8 Å². The van der Waals surface area contributed by atoms with Gasteiger partial charge >= 0.3 is 0 Å². The van der Waals surface area contributed by atoms with Crippen molar-refractivity contribution in [3.8, 4) is 11.5 Å². The Morgan fingerprint density at radius 1 is 1.11 bits per heavy atom. The number of nitrogens with one attached hydrogen (secondary N) is 2. The van der Waals surface area contributed by atoms with Crippen LogP contribution in [0.2, 0.25) is 0 Å². The molecule has 0 bridgehead atoms. The normalized spacial score (nSPS) is 14.6. The van der Waals surface area contributed by atoms with E-state index >= 15 is 0 Å². The Labute approximate surface area is 222 Å². The van der Waals surface area contributed by atoms with Crippen molar-refractivity contribution in [3.63, 3.8) is 0 Å². The molecule has 0 aliphatic carbocycles. The van der Waals surface area contributed by atoms with Gasteiger partial charge in [-0.3, -0.25) is 4.79 Å². The van der Waals surface area contributed by atoms with Gasteiger partial charge in [-0.15, -0.1) is 5.10 Å². The third-order valence-electron chi connectivity index (χ3n) is 6.10. The van der Waals surface area contributed by atoms with Crippen molar-refractivity contribution in [3.05, 3.63) is 65.4 Å². The van der Waals surface area contributed by atoms with E-state index in [1.54, 1.807) is 23.6 Å². The van der Waals surface area contributed by atoms with Crippen LogP contribution in [0.3, 0.4) is 0 Å².